The molecule has 0 bridgehead atoms. The first-order chi connectivity index (χ1) is 39.1. The monoisotopic (exact) mass is 1130 g/mol. The smallest absolute Gasteiger partial charge is 0.220 e. The quantitative estimate of drug-likeness (QED) is 0.0204. The van der Waals surface area contributed by atoms with Gasteiger partial charge in [0, 0.05) is 6.42 Å². The summed E-state index contributed by atoms with van der Waals surface area (Å²) in [4.78, 5) is 13.3. The average Bonchev–Trinajstić information content (AvgIpc) is 3.49. The summed E-state index contributed by atoms with van der Waals surface area (Å²) in [6.07, 6.45) is 51.1. The van der Waals surface area contributed by atoms with Gasteiger partial charge in [-0.15, -0.1) is 0 Å². The van der Waals surface area contributed by atoms with E-state index in [0.717, 1.165) is 57.8 Å². The summed E-state index contributed by atoms with van der Waals surface area (Å²) in [5.74, 6) is -0.249. The van der Waals surface area contributed by atoms with Gasteiger partial charge in [0.2, 0.25) is 5.91 Å². The van der Waals surface area contributed by atoms with Crippen LogP contribution in [0.3, 0.4) is 0 Å². The second-order valence-electron chi connectivity index (χ2n) is 22.5. The molecule has 2 aliphatic rings. The molecule has 2 heterocycles. The fourth-order valence-electron chi connectivity index (χ4n) is 10.2. The van der Waals surface area contributed by atoms with Crippen LogP contribution >= 0.6 is 0 Å². The van der Waals surface area contributed by atoms with E-state index in [0.29, 0.717) is 12.8 Å². The lowest BCUT2D eigenvalue weighted by Crippen LogP contribution is -2.65. The first-order valence-electron chi connectivity index (χ1n) is 32.2. The molecule has 0 spiro atoms. The fourth-order valence-corrected chi connectivity index (χ4v) is 10.2. The SMILES string of the molecule is CC/C=C\C/C=C\C/C=C\C/C=C\CCCCCCCCCCCCCCCCCCCCCCC(=O)NC(COC1OC(CO)C(OC2OC(CO)C(O)C(O)C2O)C(O)C1O)C(O)/C=C/CC/C=C/CCCCCCCCC. The van der Waals surface area contributed by atoms with Crippen LogP contribution in [0.1, 0.15) is 245 Å². The molecule has 2 saturated heterocycles. The molecule has 12 atom stereocenters. The van der Waals surface area contributed by atoms with Crippen LogP contribution in [-0.4, -0.2) is 140 Å². The molecule has 80 heavy (non-hydrogen) atoms. The Morgan fingerprint density at radius 2 is 0.875 bits per heavy atom. The van der Waals surface area contributed by atoms with Crippen molar-refractivity contribution < 1.29 is 64.6 Å². The largest absolute Gasteiger partial charge is 0.394 e. The van der Waals surface area contributed by atoms with Gasteiger partial charge in [0.05, 0.1) is 32.0 Å². The van der Waals surface area contributed by atoms with E-state index in [1.54, 1.807) is 6.08 Å². The van der Waals surface area contributed by atoms with E-state index in [9.17, 15) is 45.6 Å². The molecule has 14 nitrogen and oxygen atoms in total. The number of hydrogen-bond donors (Lipinski definition) is 9. The summed E-state index contributed by atoms with van der Waals surface area (Å²) in [5, 5.41) is 87.1. The third-order valence-electron chi connectivity index (χ3n) is 15.4. The zero-order chi connectivity index (χ0) is 58.1. The molecule has 0 aromatic heterocycles. The molecule has 2 rings (SSSR count). The Balaban J connectivity index is 1.63. The number of allylic oxidation sites excluding steroid dienone is 11. The zero-order valence-corrected chi connectivity index (χ0v) is 50.1. The summed E-state index contributed by atoms with van der Waals surface area (Å²) in [5.41, 5.74) is 0. The number of hydrogen-bond acceptors (Lipinski definition) is 13. The minimum absolute atomic E-state index is 0.249. The minimum atomic E-state index is -1.79. The normalized spacial score (nSPS) is 24.7. The lowest BCUT2D eigenvalue weighted by molar-refractivity contribution is -0.359. The maximum atomic E-state index is 13.3. The molecule has 9 N–H and O–H groups in total. The molecule has 0 aliphatic carbocycles. The van der Waals surface area contributed by atoms with Crippen molar-refractivity contribution in [1.29, 1.82) is 0 Å². The number of carbonyl (C=O) groups is 1. The number of amides is 1. The Morgan fingerprint density at radius 1 is 0.463 bits per heavy atom. The number of aliphatic hydroxyl groups excluding tert-OH is 8. The molecule has 2 aliphatic heterocycles. The molecule has 12 unspecified atom stereocenters. The summed E-state index contributed by atoms with van der Waals surface area (Å²) in [7, 11) is 0. The number of rotatable bonds is 51. The van der Waals surface area contributed by atoms with Gasteiger partial charge in [0.15, 0.2) is 12.6 Å². The van der Waals surface area contributed by atoms with E-state index >= 15 is 0 Å². The molecule has 14 heteroatoms. The number of nitrogens with one attached hydrogen (secondary N) is 1. The molecule has 1 amide bonds. The molecular weight excluding hydrogens is 1010 g/mol. The summed E-state index contributed by atoms with van der Waals surface area (Å²) < 4.78 is 22.8. The van der Waals surface area contributed by atoms with E-state index in [4.69, 9.17) is 18.9 Å². The fraction of sp³-hybridized carbons (Fsp3) is 0.803. The van der Waals surface area contributed by atoms with Gasteiger partial charge in [-0.2, -0.15) is 0 Å². The van der Waals surface area contributed by atoms with E-state index in [1.807, 2.05) is 6.08 Å². The molecule has 0 radical (unpaired) electrons. The predicted octanol–water partition coefficient (Wildman–Crippen LogP) is 11.9. The first kappa shape index (κ1) is 73.5. The molecule has 0 aromatic rings. The van der Waals surface area contributed by atoms with Crippen molar-refractivity contribution in [3.63, 3.8) is 0 Å². The maximum Gasteiger partial charge on any atom is 0.220 e. The van der Waals surface area contributed by atoms with Gasteiger partial charge in [0.25, 0.3) is 0 Å². The van der Waals surface area contributed by atoms with Gasteiger partial charge < -0.3 is 65.1 Å². The first-order valence-corrected chi connectivity index (χ1v) is 32.2. The standard InChI is InChI=1S/C66H117NO13/c1-3-5-7-9-11-13-15-17-18-19-20-21-22-23-24-25-26-27-28-29-30-31-32-33-34-35-36-38-40-42-44-46-48-50-58(71)67-54(55(70)49-47-45-43-41-39-37-16-14-12-10-8-6-4-2)53-77-65-63(76)61(74)64(57(52-69)79-65)80-66-62(75)60(73)59(72)56(51-68)78-66/h5,7,11,13,17-18,20-21,39,41,47,49,54-57,59-66,68-70,72-76H,3-4,6,8-10,12,14-16,19,22-38,40,42-46,48,50-53H2,1-2H3,(H,67,71)/b7-5-,13-11-,18-17-,21-20-,41-39+,49-47+. The minimum Gasteiger partial charge on any atom is -0.394 e. The van der Waals surface area contributed by atoms with Crippen LogP contribution in [0.4, 0.5) is 0 Å². The number of carbonyl (C=O) groups excluding carboxylic acids is 1. The topological polar surface area (TPSA) is 228 Å². The van der Waals surface area contributed by atoms with Gasteiger partial charge in [-0.25, -0.2) is 0 Å². The van der Waals surface area contributed by atoms with Gasteiger partial charge in [0.1, 0.15) is 48.8 Å². The van der Waals surface area contributed by atoms with Crippen molar-refractivity contribution >= 4 is 5.91 Å². The van der Waals surface area contributed by atoms with Crippen molar-refractivity contribution in [2.75, 3.05) is 19.8 Å². The molecule has 0 aromatic carbocycles. The Labute approximate surface area is 485 Å². The molecule has 2 fully saturated rings. The lowest BCUT2D eigenvalue weighted by atomic mass is 9.97. The Bertz CT molecular complexity index is 1620. The van der Waals surface area contributed by atoms with Crippen LogP contribution < -0.4 is 5.32 Å². The van der Waals surface area contributed by atoms with Gasteiger partial charge in [-0.3, -0.25) is 4.79 Å². The van der Waals surface area contributed by atoms with Crippen LogP contribution in [0.5, 0.6) is 0 Å². The Kier molecular flexibility index (Phi) is 46.8. The number of ether oxygens (including phenoxy) is 4. The van der Waals surface area contributed by atoms with Crippen LogP contribution in [-0.2, 0) is 23.7 Å². The van der Waals surface area contributed by atoms with Crippen molar-refractivity contribution in [2.45, 2.75) is 319 Å². The third kappa shape index (κ3) is 35.5. The highest BCUT2D eigenvalue weighted by atomic mass is 16.7. The van der Waals surface area contributed by atoms with Crippen molar-refractivity contribution in [3.05, 3.63) is 72.9 Å². The molecular formula is C66H117NO13. The van der Waals surface area contributed by atoms with E-state index in [-0.39, 0.29) is 18.9 Å². The lowest BCUT2D eigenvalue weighted by Gasteiger charge is -2.46. The summed E-state index contributed by atoms with van der Waals surface area (Å²) >= 11 is 0. The van der Waals surface area contributed by atoms with Gasteiger partial charge >= 0.3 is 0 Å². The Hall–Kier alpha value is -2.57. The number of aliphatic hydroxyl groups is 8. The third-order valence-corrected chi connectivity index (χ3v) is 15.4. The summed E-state index contributed by atoms with van der Waals surface area (Å²) in [6.45, 7) is 2.66. The average molecular weight is 1130 g/mol. The van der Waals surface area contributed by atoms with Crippen LogP contribution in [0, 0.1) is 0 Å². The van der Waals surface area contributed by atoms with Crippen LogP contribution in [0.25, 0.3) is 0 Å². The highest BCUT2D eigenvalue weighted by Crippen LogP contribution is 2.30. The highest BCUT2D eigenvalue weighted by molar-refractivity contribution is 5.76. The van der Waals surface area contributed by atoms with E-state index in [1.165, 1.54) is 154 Å². The van der Waals surface area contributed by atoms with Crippen LogP contribution in [0.15, 0.2) is 72.9 Å². The van der Waals surface area contributed by atoms with Crippen molar-refractivity contribution in [2.24, 2.45) is 0 Å². The predicted molar refractivity (Wildman–Crippen MR) is 323 cm³/mol. The van der Waals surface area contributed by atoms with Crippen molar-refractivity contribution in [3.8, 4) is 0 Å². The molecule has 464 valence electrons. The van der Waals surface area contributed by atoms with Gasteiger partial charge in [-0.05, 0) is 70.6 Å². The van der Waals surface area contributed by atoms with Crippen molar-refractivity contribution in [1.82, 2.24) is 5.32 Å². The molecule has 0 saturated carbocycles. The second kappa shape index (κ2) is 50.9. The Morgan fingerprint density at radius 3 is 1.38 bits per heavy atom. The van der Waals surface area contributed by atoms with Crippen LogP contribution in [0.2, 0.25) is 0 Å². The summed E-state index contributed by atoms with van der Waals surface area (Å²) in [6, 6.07) is -0.932. The van der Waals surface area contributed by atoms with Gasteiger partial charge in [-0.1, -0.05) is 241 Å². The maximum absolute atomic E-state index is 13.3. The van der Waals surface area contributed by atoms with E-state index < -0.39 is 86.8 Å². The number of unbranched alkanes of at least 4 members (excludes halogenated alkanes) is 28. The zero-order valence-electron chi connectivity index (χ0n) is 50.1. The second-order valence-corrected chi connectivity index (χ2v) is 22.5. The highest BCUT2D eigenvalue weighted by Gasteiger charge is 2.51. The van der Waals surface area contributed by atoms with E-state index in [2.05, 4.69) is 79.9 Å².